The number of Topliss-reactive ketones (excluding diaryl/α,β-unsaturated/α-hetero) is 1. The van der Waals surface area contributed by atoms with Gasteiger partial charge in [0, 0.05) is 48.4 Å². The van der Waals surface area contributed by atoms with E-state index in [0.717, 1.165) is 64.4 Å². The summed E-state index contributed by atoms with van der Waals surface area (Å²) in [5.74, 6) is 1.60. The maximum atomic E-state index is 11.7. The van der Waals surface area contributed by atoms with Crippen molar-refractivity contribution < 1.29 is 14.6 Å². The fourth-order valence-electron chi connectivity index (χ4n) is 6.23. The number of methoxy groups -OCH3 is 1. The van der Waals surface area contributed by atoms with Crippen LogP contribution in [-0.2, 0) is 0 Å². The molecule has 0 aliphatic carbocycles. The van der Waals surface area contributed by atoms with Crippen molar-refractivity contribution in [2.75, 3.05) is 38.2 Å². The highest BCUT2D eigenvalue weighted by Gasteiger charge is 2.32. The number of thiazole rings is 1. The van der Waals surface area contributed by atoms with Crippen molar-refractivity contribution in [1.82, 2.24) is 19.5 Å². The van der Waals surface area contributed by atoms with Crippen molar-refractivity contribution in [2.45, 2.75) is 25.8 Å². The first-order valence-corrected chi connectivity index (χ1v) is 16.5. The van der Waals surface area contributed by atoms with Gasteiger partial charge in [0.15, 0.2) is 11.6 Å². The number of ether oxygens (including phenoxy) is 1. The number of carbonyl (C=O) groups is 1. The lowest BCUT2D eigenvalue weighted by atomic mass is 9.97. The van der Waals surface area contributed by atoms with Crippen molar-refractivity contribution >= 4 is 50.1 Å². The minimum atomic E-state index is -0.189. The molecule has 2 aromatic heterocycles. The summed E-state index contributed by atoms with van der Waals surface area (Å²) in [5, 5.41) is 19.3. The lowest BCUT2D eigenvalue weighted by Gasteiger charge is -2.40. The molecule has 234 valence electrons. The van der Waals surface area contributed by atoms with Gasteiger partial charge in [0.2, 0.25) is 10.8 Å². The van der Waals surface area contributed by atoms with E-state index in [-0.39, 0.29) is 23.6 Å². The molecule has 1 aliphatic heterocycles. The molecule has 1 aliphatic rings. The van der Waals surface area contributed by atoms with Crippen LogP contribution in [0.4, 0.5) is 5.69 Å². The fraction of sp³-hybridized carbons (Fsp3) is 0.250. The van der Waals surface area contributed by atoms with Gasteiger partial charge < -0.3 is 14.7 Å². The lowest BCUT2D eigenvalue weighted by Crippen LogP contribution is -2.47. The second-order valence-electron chi connectivity index (χ2n) is 11.7. The zero-order valence-corrected chi connectivity index (χ0v) is 27.4. The van der Waals surface area contributed by atoms with Crippen LogP contribution in [0.5, 0.6) is 11.6 Å². The van der Waals surface area contributed by atoms with Crippen LogP contribution in [0.25, 0.3) is 15.7 Å². The Labute approximate surface area is 276 Å². The van der Waals surface area contributed by atoms with Gasteiger partial charge in [0.1, 0.15) is 5.75 Å². The Morgan fingerprint density at radius 1 is 0.913 bits per heavy atom. The molecule has 0 amide bonds. The first-order valence-electron chi connectivity index (χ1n) is 15.3. The predicted octanol–water partition coefficient (Wildman–Crippen LogP) is 7.58. The summed E-state index contributed by atoms with van der Waals surface area (Å²) < 4.78 is 6.95. The largest absolute Gasteiger partial charge is 0.497 e. The van der Waals surface area contributed by atoms with Crippen molar-refractivity contribution in [3.63, 3.8) is 0 Å². The van der Waals surface area contributed by atoms with E-state index in [1.807, 2.05) is 60.7 Å². The molecule has 6 aromatic rings. The second kappa shape index (κ2) is 12.4. The van der Waals surface area contributed by atoms with Crippen molar-refractivity contribution in [2.24, 2.45) is 0 Å². The summed E-state index contributed by atoms with van der Waals surface area (Å²) in [6, 6.07) is 27.9. The van der Waals surface area contributed by atoms with E-state index in [1.54, 1.807) is 18.5 Å². The Hall–Kier alpha value is -4.44. The average molecular weight is 652 g/mol. The quantitative estimate of drug-likeness (QED) is 0.170. The molecule has 3 heterocycles. The zero-order valence-electron chi connectivity index (χ0n) is 25.9. The molecule has 0 spiro atoms. The van der Waals surface area contributed by atoms with Gasteiger partial charge in [-0.2, -0.15) is 4.52 Å². The van der Waals surface area contributed by atoms with Gasteiger partial charge in [-0.3, -0.25) is 9.69 Å². The van der Waals surface area contributed by atoms with Crippen molar-refractivity contribution in [3.05, 3.63) is 117 Å². The van der Waals surface area contributed by atoms with Crippen LogP contribution in [0.1, 0.15) is 58.0 Å². The van der Waals surface area contributed by atoms with Gasteiger partial charge in [-0.25, -0.2) is 4.98 Å². The van der Waals surface area contributed by atoms with E-state index in [4.69, 9.17) is 26.4 Å². The second-order valence-corrected chi connectivity index (χ2v) is 13.2. The molecule has 0 saturated carbocycles. The van der Waals surface area contributed by atoms with Gasteiger partial charge in [0.05, 0.1) is 18.0 Å². The van der Waals surface area contributed by atoms with Crippen molar-refractivity contribution in [1.29, 1.82) is 0 Å². The summed E-state index contributed by atoms with van der Waals surface area (Å²) in [4.78, 5) is 22.8. The fourth-order valence-corrected chi connectivity index (χ4v) is 7.48. The lowest BCUT2D eigenvalue weighted by molar-refractivity contribution is 0.101. The Balaban J connectivity index is 1.16. The van der Waals surface area contributed by atoms with Crippen LogP contribution >= 0.6 is 22.9 Å². The summed E-state index contributed by atoms with van der Waals surface area (Å²) in [5.41, 5.74) is 3.96. The molecule has 1 fully saturated rings. The number of carbonyl (C=O) groups excluding carboxylic acids is 1. The molecule has 1 N–H and O–H groups in total. The number of nitrogens with zero attached hydrogens (tertiary/aromatic N) is 5. The molecule has 0 radical (unpaired) electrons. The maximum absolute atomic E-state index is 11.7. The number of ketones is 1. The summed E-state index contributed by atoms with van der Waals surface area (Å²) in [6.07, 6.45) is 0. The van der Waals surface area contributed by atoms with Crippen LogP contribution in [0.3, 0.4) is 0 Å². The molecule has 1 saturated heterocycles. The third-order valence-electron chi connectivity index (χ3n) is 8.93. The molecule has 0 bridgehead atoms. The number of rotatable bonds is 8. The molecular formula is C36H34ClN5O3S. The number of hydrogen-bond donors (Lipinski definition) is 1. The summed E-state index contributed by atoms with van der Waals surface area (Å²) in [6.45, 7) is 6.86. The third kappa shape index (κ3) is 5.70. The highest BCUT2D eigenvalue weighted by Crippen LogP contribution is 2.41. The smallest absolute Gasteiger partial charge is 0.230 e. The van der Waals surface area contributed by atoms with Gasteiger partial charge >= 0.3 is 0 Å². The van der Waals surface area contributed by atoms with E-state index in [0.29, 0.717) is 21.4 Å². The molecule has 2 atom stereocenters. The monoisotopic (exact) mass is 651 g/mol. The van der Waals surface area contributed by atoms with Gasteiger partial charge in [0.25, 0.3) is 0 Å². The van der Waals surface area contributed by atoms with Crippen LogP contribution in [0.15, 0.2) is 84.9 Å². The molecular weight excluding hydrogens is 618 g/mol. The van der Waals surface area contributed by atoms with E-state index in [1.165, 1.54) is 11.3 Å². The van der Waals surface area contributed by atoms with Gasteiger partial charge in [-0.1, -0.05) is 66.3 Å². The molecule has 0 unspecified atom stereocenters. The average Bonchev–Trinajstić information content (AvgIpc) is 3.64. The summed E-state index contributed by atoms with van der Waals surface area (Å²) >= 11 is 7.74. The number of fused-ring (bicyclic) bond motifs is 2. The highest BCUT2D eigenvalue weighted by molar-refractivity contribution is 7.17. The Morgan fingerprint density at radius 2 is 1.59 bits per heavy atom. The zero-order chi connectivity index (χ0) is 31.9. The Bertz CT molecular complexity index is 2030. The number of aromatic nitrogens is 3. The van der Waals surface area contributed by atoms with Crippen LogP contribution < -0.4 is 9.64 Å². The standard InChI is InChI=1S/C36H34ClN5O3S/c1-22(26-4-5-28-21-31(45-3)15-10-27(28)20-26)34-38-36-42(39-34)35(44)33(46-36)32(25-6-11-29(37)12-7-25)41-18-16-40(17-19-41)30-13-8-24(9-14-30)23(2)43/h4-15,20-22,32,44H,16-19H2,1-3H3/t22-,32-/m0/s1. The minimum Gasteiger partial charge on any atom is -0.497 e. The van der Waals surface area contributed by atoms with Crippen LogP contribution in [0.2, 0.25) is 5.02 Å². The van der Waals surface area contributed by atoms with E-state index >= 15 is 0 Å². The maximum Gasteiger partial charge on any atom is 0.230 e. The minimum absolute atomic E-state index is 0.0638. The topological polar surface area (TPSA) is 83.2 Å². The van der Waals surface area contributed by atoms with E-state index in [9.17, 15) is 9.90 Å². The third-order valence-corrected chi connectivity index (χ3v) is 10.3. The first-order chi connectivity index (χ1) is 22.3. The molecule has 4 aromatic carbocycles. The Kier molecular flexibility index (Phi) is 8.15. The van der Waals surface area contributed by atoms with E-state index in [2.05, 4.69) is 41.0 Å². The first kappa shape index (κ1) is 30.2. The highest BCUT2D eigenvalue weighted by atomic mass is 35.5. The van der Waals surface area contributed by atoms with Crippen LogP contribution in [0, 0.1) is 0 Å². The summed E-state index contributed by atoms with van der Waals surface area (Å²) in [7, 11) is 1.67. The normalized spacial score (nSPS) is 15.3. The number of halogens is 1. The number of hydrogen-bond acceptors (Lipinski definition) is 8. The number of piperazine rings is 1. The molecule has 10 heteroatoms. The van der Waals surface area contributed by atoms with Gasteiger partial charge in [-0.05, 0) is 77.4 Å². The molecule has 8 nitrogen and oxygen atoms in total. The van der Waals surface area contributed by atoms with Gasteiger partial charge in [-0.15, -0.1) is 5.10 Å². The number of aromatic hydroxyl groups is 1. The van der Waals surface area contributed by atoms with Crippen LogP contribution in [-0.4, -0.2) is 63.7 Å². The SMILES string of the molecule is COc1ccc2cc([C@H](C)c3nc4sc([C@H](c5ccc(Cl)cc5)N5CCN(c6ccc(C(C)=O)cc6)CC5)c(O)n4n3)ccc2c1. The number of benzene rings is 4. The Morgan fingerprint density at radius 3 is 2.26 bits per heavy atom. The van der Waals surface area contributed by atoms with Crippen molar-refractivity contribution in [3.8, 4) is 11.6 Å². The predicted molar refractivity (Wildman–Crippen MR) is 184 cm³/mol. The molecule has 46 heavy (non-hydrogen) atoms. The number of anilines is 1. The molecule has 7 rings (SSSR count). The van der Waals surface area contributed by atoms with E-state index < -0.39 is 0 Å².